The highest BCUT2D eigenvalue weighted by Crippen LogP contribution is 2.32. The fourth-order valence-electron chi connectivity index (χ4n) is 2.20. The zero-order valence-electron chi connectivity index (χ0n) is 10.7. The highest BCUT2D eigenvalue weighted by molar-refractivity contribution is 9.10. The van der Waals surface area contributed by atoms with Crippen LogP contribution < -0.4 is 0 Å². The van der Waals surface area contributed by atoms with E-state index >= 15 is 0 Å². The second kappa shape index (κ2) is 5.13. The number of halogens is 1. The third-order valence-electron chi connectivity index (χ3n) is 3.07. The lowest BCUT2D eigenvalue weighted by Gasteiger charge is -2.04. The van der Waals surface area contributed by atoms with Gasteiger partial charge in [-0.2, -0.15) is 5.10 Å². The lowest BCUT2D eigenvalue weighted by Crippen LogP contribution is -2.03. The monoisotopic (exact) mass is 330 g/mol. The average Bonchev–Trinajstić information content (AvgIpc) is 2.76. The summed E-state index contributed by atoms with van der Waals surface area (Å²) >= 11 is 3.39. The van der Waals surface area contributed by atoms with Crippen molar-refractivity contribution in [3.63, 3.8) is 0 Å². The lowest BCUT2D eigenvalue weighted by molar-refractivity contribution is 0.689. The van der Waals surface area contributed by atoms with Crippen molar-refractivity contribution in [1.29, 1.82) is 0 Å². The van der Waals surface area contributed by atoms with Crippen LogP contribution in [0.1, 0.15) is 11.4 Å². The van der Waals surface area contributed by atoms with Crippen LogP contribution in [0, 0.1) is 11.8 Å². The molecule has 0 spiro atoms. The van der Waals surface area contributed by atoms with Crippen LogP contribution in [0.25, 0.3) is 10.9 Å². The molecule has 0 aliphatic rings. The zero-order chi connectivity index (χ0) is 14.1. The van der Waals surface area contributed by atoms with Gasteiger partial charge in [0, 0.05) is 5.69 Å². The molecular formula is C14H11BrN4O. The highest BCUT2D eigenvalue weighted by atomic mass is 79.9. The summed E-state index contributed by atoms with van der Waals surface area (Å²) in [6, 6.07) is 11.3. The molecule has 0 saturated heterocycles. The normalized spacial score (nSPS) is 10.9. The van der Waals surface area contributed by atoms with Gasteiger partial charge >= 0.3 is 0 Å². The number of hydrogen-bond acceptors (Lipinski definition) is 4. The maximum Gasteiger partial charge on any atom is 0.138 e. The molecule has 0 amide bonds. The minimum atomic E-state index is 0.387. The van der Waals surface area contributed by atoms with Gasteiger partial charge in [0.15, 0.2) is 0 Å². The third kappa shape index (κ3) is 2.22. The predicted octanol–water partition coefficient (Wildman–Crippen LogP) is 3.95. The number of nitroso groups, excluding NO2 is 1. The van der Waals surface area contributed by atoms with Gasteiger partial charge in [0.1, 0.15) is 10.3 Å². The van der Waals surface area contributed by atoms with Crippen LogP contribution in [0.3, 0.4) is 0 Å². The van der Waals surface area contributed by atoms with Crippen molar-refractivity contribution >= 4 is 32.5 Å². The molecule has 0 aliphatic heterocycles. The van der Waals surface area contributed by atoms with E-state index in [4.69, 9.17) is 0 Å². The van der Waals surface area contributed by atoms with Gasteiger partial charge in [-0.3, -0.25) is 9.67 Å². The molecule has 1 aromatic carbocycles. The number of pyridine rings is 1. The molecule has 20 heavy (non-hydrogen) atoms. The first kappa shape index (κ1) is 12.9. The molecule has 0 unspecified atom stereocenters. The molecule has 0 radical (unpaired) electrons. The second-order valence-electron chi connectivity index (χ2n) is 4.48. The Hall–Kier alpha value is -2.08. The molecule has 2 heterocycles. The fraction of sp³-hybridized carbons (Fsp3) is 0.143. The zero-order valence-corrected chi connectivity index (χ0v) is 12.3. The number of hydrogen-bond donors (Lipinski definition) is 0. The largest absolute Gasteiger partial charge is 0.258 e. The summed E-state index contributed by atoms with van der Waals surface area (Å²) in [5.41, 5.74) is 3.13. The van der Waals surface area contributed by atoms with Crippen LogP contribution in [0.2, 0.25) is 0 Å². The van der Waals surface area contributed by atoms with E-state index in [2.05, 4.69) is 31.2 Å². The quantitative estimate of drug-likeness (QED) is 0.683. The Kier molecular flexibility index (Phi) is 3.31. The molecule has 0 fully saturated rings. The van der Waals surface area contributed by atoms with E-state index in [1.165, 1.54) is 0 Å². The third-order valence-corrected chi connectivity index (χ3v) is 3.62. The van der Waals surface area contributed by atoms with Gasteiger partial charge in [-0.15, -0.1) is 4.91 Å². The minimum Gasteiger partial charge on any atom is -0.258 e. The number of fused-ring (bicyclic) bond motifs is 1. The van der Waals surface area contributed by atoms with Crippen molar-refractivity contribution < 1.29 is 0 Å². The molecule has 0 saturated carbocycles. The molecule has 0 N–H and O–H groups in total. The predicted molar refractivity (Wildman–Crippen MR) is 81.0 cm³/mol. The summed E-state index contributed by atoms with van der Waals surface area (Å²) in [6.07, 6.45) is 0. The van der Waals surface area contributed by atoms with E-state index in [-0.39, 0.29) is 0 Å². The van der Waals surface area contributed by atoms with Gasteiger partial charge in [0.05, 0.1) is 23.1 Å². The first-order valence-electron chi connectivity index (χ1n) is 6.10. The molecule has 3 aromatic rings. The van der Waals surface area contributed by atoms with Crippen molar-refractivity contribution in [3.05, 3.63) is 57.3 Å². The van der Waals surface area contributed by atoms with Crippen LogP contribution in [-0.2, 0) is 6.54 Å². The van der Waals surface area contributed by atoms with Crippen LogP contribution in [-0.4, -0.2) is 14.8 Å². The Morgan fingerprint density at radius 2 is 2.05 bits per heavy atom. The Bertz CT molecular complexity index is 797. The summed E-state index contributed by atoms with van der Waals surface area (Å²) in [7, 11) is 0. The number of nitrogens with zero attached hydrogens (tertiary/aromatic N) is 4. The molecule has 0 aliphatic carbocycles. The SMILES string of the molecule is Cc1cccc(Cn2nc(Br)c3c(N=O)cccc32)n1. The lowest BCUT2D eigenvalue weighted by atomic mass is 10.2. The van der Waals surface area contributed by atoms with Gasteiger partial charge in [0.25, 0.3) is 0 Å². The number of aromatic nitrogens is 3. The van der Waals surface area contributed by atoms with Gasteiger partial charge in [0.2, 0.25) is 0 Å². The van der Waals surface area contributed by atoms with Gasteiger partial charge < -0.3 is 0 Å². The van der Waals surface area contributed by atoms with E-state index in [0.717, 1.165) is 22.3 Å². The Morgan fingerprint density at radius 3 is 2.80 bits per heavy atom. The van der Waals surface area contributed by atoms with Crippen molar-refractivity contribution in [2.45, 2.75) is 13.5 Å². The summed E-state index contributed by atoms with van der Waals surface area (Å²) in [6.45, 7) is 2.50. The first-order valence-corrected chi connectivity index (χ1v) is 6.89. The highest BCUT2D eigenvalue weighted by Gasteiger charge is 2.13. The number of benzene rings is 1. The summed E-state index contributed by atoms with van der Waals surface area (Å²) in [5.74, 6) is 0. The minimum absolute atomic E-state index is 0.387. The standard InChI is InChI=1S/C14H11BrN4O/c1-9-4-2-5-10(16-9)8-19-12-7-3-6-11(18-20)13(12)14(15)17-19/h2-7H,8H2,1H3. The van der Waals surface area contributed by atoms with Crippen LogP contribution >= 0.6 is 15.9 Å². The van der Waals surface area contributed by atoms with Crippen molar-refractivity contribution in [2.75, 3.05) is 0 Å². The molecule has 100 valence electrons. The topological polar surface area (TPSA) is 60.1 Å². The van der Waals surface area contributed by atoms with Crippen molar-refractivity contribution in [1.82, 2.24) is 14.8 Å². The maximum absolute atomic E-state index is 10.9. The van der Waals surface area contributed by atoms with E-state index in [0.29, 0.717) is 16.8 Å². The van der Waals surface area contributed by atoms with Gasteiger partial charge in [-0.05, 0) is 52.3 Å². The smallest absolute Gasteiger partial charge is 0.138 e. The van der Waals surface area contributed by atoms with Crippen molar-refractivity contribution in [2.24, 2.45) is 5.18 Å². The first-order chi connectivity index (χ1) is 9.69. The van der Waals surface area contributed by atoms with Crippen LogP contribution in [0.5, 0.6) is 0 Å². The van der Waals surface area contributed by atoms with Crippen LogP contribution in [0.15, 0.2) is 46.2 Å². The maximum atomic E-state index is 10.9. The van der Waals surface area contributed by atoms with Crippen molar-refractivity contribution in [3.8, 4) is 0 Å². The van der Waals surface area contributed by atoms with E-state index in [9.17, 15) is 4.91 Å². The summed E-state index contributed by atoms with van der Waals surface area (Å²) < 4.78 is 2.44. The molecule has 3 rings (SSSR count). The molecule has 5 nitrogen and oxygen atoms in total. The van der Waals surface area contributed by atoms with Crippen LogP contribution in [0.4, 0.5) is 5.69 Å². The summed E-state index contributed by atoms with van der Waals surface area (Å²) in [4.78, 5) is 15.3. The molecule has 6 heteroatoms. The van der Waals surface area contributed by atoms with E-state index in [1.54, 1.807) is 12.1 Å². The Balaban J connectivity index is 2.11. The molecule has 2 aromatic heterocycles. The Labute approximate surface area is 123 Å². The molecule has 0 bridgehead atoms. The molecule has 0 atom stereocenters. The van der Waals surface area contributed by atoms with Gasteiger partial charge in [-0.25, -0.2) is 0 Å². The Morgan fingerprint density at radius 1 is 1.25 bits per heavy atom. The van der Waals surface area contributed by atoms with E-state index in [1.807, 2.05) is 35.9 Å². The van der Waals surface area contributed by atoms with Gasteiger partial charge in [-0.1, -0.05) is 12.1 Å². The summed E-state index contributed by atoms with van der Waals surface area (Å²) in [5, 5.41) is 8.19. The second-order valence-corrected chi connectivity index (χ2v) is 5.23. The average molecular weight is 331 g/mol. The molecular weight excluding hydrogens is 320 g/mol. The number of rotatable bonds is 3. The van der Waals surface area contributed by atoms with E-state index < -0.39 is 0 Å². The number of aryl methyl sites for hydroxylation is 1. The fourth-order valence-corrected chi connectivity index (χ4v) is 2.80.